The highest BCUT2D eigenvalue weighted by molar-refractivity contribution is 5.97. The number of rotatable bonds is 3. The van der Waals surface area contributed by atoms with Gasteiger partial charge in [0.25, 0.3) is 0 Å². The van der Waals surface area contributed by atoms with E-state index in [1.807, 2.05) is 6.20 Å². The van der Waals surface area contributed by atoms with Gasteiger partial charge in [0, 0.05) is 50.9 Å². The minimum absolute atomic E-state index is 0.0464. The predicted molar refractivity (Wildman–Crippen MR) is 100 cm³/mol. The molecule has 3 aliphatic heterocycles. The monoisotopic (exact) mass is 399 g/mol. The number of aliphatic hydroxyl groups is 1. The minimum atomic E-state index is -0.623. The molecule has 0 radical (unpaired) electrons. The van der Waals surface area contributed by atoms with Gasteiger partial charge >= 0.3 is 0 Å². The molecule has 0 aliphatic carbocycles. The lowest BCUT2D eigenvalue weighted by molar-refractivity contribution is -0.163. The quantitative estimate of drug-likeness (QED) is 0.786. The highest BCUT2D eigenvalue weighted by Crippen LogP contribution is 2.29. The number of aromatic nitrogens is 2. The number of carbonyl (C=O) groups excluding carboxylic acids is 2. The first-order chi connectivity index (χ1) is 14.0. The number of halogens is 1. The van der Waals surface area contributed by atoms with Gasteiger partial charge in [0.2, 0.25) is 11.8 Å². The van der Waals surface area contributed by atoms with Gasteiger partial charge in [-0.05, 0) is 24.3 Å². The Morgan fingerprint density at radius 2 is 1.79 bits per heavy atom. The number of nitrogens with zero attached hydrogens (tertiary/aromatic N) is 5. The number of aliphatic hydroxyl groups excluding tert-OH is 1. The van der Waals surface area contributed by atoms with Crippen LogP contribution in [0.3, 0.4) is 0 Å². The van der Waals surface area contributed by atoms with Crippen molar-refractivity contribution in [3.8, 4) is 5.69 Å². The molecule has 3 aliphatic rings. The van der Waals surface area contributed by atoms with Crippen molar-refractivity contribution in [3.05, 3.63) is 48.0 Å². The lowest BCUT2D eigenvalue weighted by atomic mass is 10.0. The van der Waals surface area contributed by atoms with Gasteiger partial charge in [-0.3, -0.25) is 14.5 Å². The van der Waals surface area contributed by atoms with Crippen molar-refractivity contribution in [3.63, 3.8) is 0 Å². The third kappa shape index (κ3) is 3.20. The van der Waals surface area contributed by atoms with Crippen LogP contribution in [0.15, 0.2) is 36.7 Å². The summed E-state index contributed by atoms with van der Waals surface area (Å²) in [6, 6.07) is 5.11. The Kier molecular flexibility index (Phi) is 4.36. The normalized spacial score (nSPS) is 27.3. The van der Waals surface area contributed by atoms with E-state index >= 15 is 0 Å². The maximum atomic E-state index is 13.1. The van der Waals surface area contributed by atoms with E-state index < -0.39 is 18.2 Å². The van der Waals surface area contributed by atoms with Gasteiger partial charge < -0.3 is 14.9 Å². The maximum Gasteiger partial charge on any atom is 0.247 e. The van der Waals surface area contributed by atoms with Crippen LogP contribution in [0.5, 0.6) is 0 Å². The summed E-state index contributed by atoms with van der Waals surface area (Å²) >= 11 is 0. The van der Waals surface area contributed by atoms with E-state index in [0.29, 0.717) is 32.6 Å². The highest BCUT2D eigenvalue weighted by atomic mass is 19.1. The molecule has 0 unspecified atom stereocenters. The van der Waals surface area contributed by atoms with Gasteiger partial charge in [0.15, 0.2) is 0 Å². The van der Waals surface area contributed by atoms with Crippen molar-refractivity contribution >= 4 is 11.8 Å². The first-order valence-corrected chi connectivity index (χ1v) is 9.80. The molecule has 1 aromatic carbocycles. The van der Waals surface area contributed by atoms with Crippen LogP contribution in [0.1, 0.15) is 12.0 Å². The average molecular weight is 399 g/mol. The Morgan fingerprint density at radius 3 is 2.59 bits per heavy atom. The molecule has 0 bridgehead atoms. The lowest BCUT2D eigenvalue weighted by Crippen LogP contribution is -2.68. The number of fused-ring (bicyclic) bond motifs is 2. The summed E-state index contributed by atoms with van der Waals surface area (Å²) in [5.74, 6) is -0.411. The molecule has 3 fully saturated rings. The molecule has 29 heavy (non-hydrogen) atoms. The average Bonchev–Trinajstić information content (AvgIpc) is 3.33. The number of amides is 2. The van der Waals surface area contributed by atoms with Gasteiger partial charge in [-0.1, -0.05) is 0 Å². The number of hydrogen-bond donors (Lipinski definition) is 1. The van der Waals surface area contributed by atoms with Crippen molar-refractivity contribution in [2.24, 2.45) is 0 Å². The molecule has 1 aromatic heterocycles. The van der Waals surface area contributed by atoms with E-state index in [4.69, 9.17) is 0 Å². The fourth-order valence-corrected chi connectivity index (χ4v) is 4.57. The smallest absolute Gasteiger partial charge is 0.247 e. The van der Waals surface area contributed by atoms with Crippen LogP contribution >= 0.6 is 0 Å². The SMILES string of the molecule is O=C1[C@@H]2C[C@@H](O)CN2C(=O)[C@H]2CN(Cc3cnn(-c4ccc(F)cc4)c3)CCN12. The van der Waals surface area contributed by atoms with Crippen LogP contribution in [0, 0.1) is 5.82 Å². The Bertz CT molecular complexity index is 946. The largest absolute Gasteiger partial charge is 0.391 e. The summed E-state index contributed by atoms with van der Waals surface area (Å²) in [4.78, 5) is 31.0. The van der Waals surface area contributed by atoms with Gasteiger partial charge in [-0.15, -0.1) is 0 Å². The zero-order valence-corrected chi connectivity index (χ0v) is 15.8. The van der Waals surface area contributed by atoms with E-state index in [9.17, 15) is 19.1 Å². The van der Waals surface area contributed by atoms with Gasteiger partial charge in [0.1, 0.15) is 17.9 Å². The van der Waals surface area contributed by atoms with E-state index in [1.54, 1.807) is 32.8 Å². The van der Waals surface area contributed by atoms with Crippen LogP contribution in [0.4, 0.5) is 4.39 Å². The summed E-state index contributed by atoms with van der Waals surface area (Å²) in [6.45, 7) is 2.49. The molecule has 2 amide bonds. The zero-order valence-electron chi connectivity index (χ0n) is 15.8. The second-order valence-electron chi connectivity index (χ2n) is 7.95. The second-order valence-corrected chi connectivity index (χ2v) is 7.95. The van der Waals surface area contributed by atoms with E-state index in [-0.39, 0.29) is 24.2 Å². The molecule has 152 valence electrons. The molecule has 3 atom stereocenters. The van der Waals surface area contributed by atoms with Gasteiger partial charge in [-0.2, -0.15) is 5.10 Å². The Balaban J connectivity index is 1.28. The summed E-state index contributed by atoms with van der Waals surface area (Å²) in [6.07, 6.45) is 3.36. The molecular weight excluding hydrogens is 377 g/mol. The molecule has 4 heterocycles. The van der Waals surface area contributed by atoms with Crippen molar-refractivity contribution in [1.82, 2.24) is 24.5 Å². The second kappa shape index (κ2) is 6.93. The zero-order chi connectivity index (χ0) is 20.1. The van der Waals surface area contributed by atoms with Gasteiger partial charge in [-0.25, -0.2) is 9.07 Å². The lowest BCUT2D eigenvalue weighted by Gasteiger charge is -2.47. The van der Waals surface area contributed by atoms with Crippen LogP contribution in [-0.2, 0) is 16.1 Å². The fraction of sp³-hybridized carbons (Fsp3) is 0.450. The topological polar surface area (TPSA) is 81.9 Å². The Morgan fingerprint density at radius 1 is 1.03 bits per heavy atom. The summed E-state index contributed by atoms with van der Waals surface area (Å²) in [7, 11) is 0. The Labute approximate surface area is 167 Å². The molecule has 0 spiro atoms. The van der Waals surface area contributed by atoms with Crippen molar-refractivity contribution in [1.29, 1.82) is 0 Å². The van der Waals surface area contributed by atoms with Crippen molar-refractivity contribution in [2.45, 2.75) is 31.2 Å². The third-order valence-corrected chi connectivity index (χ3v) is 6.01. The predicted octanol–water partition coefficient (Wildman–Crippen LogP) is -0.000400. The molecule has 0 saturated carbocycles. The van der Waals surface area contributed by atoms with Crippen LogP contribution in [0.25, 0.3) is 5.69 Å². The molecule has 5 rings (SSSR count). The molecule has 3 saturated heterocycles. The van der Waals surface area contributed by atoms with Crippen molar-refractivity contribution < 1.29 is 19.1 Å². The Hall–Kier alpha value is -2.78. The summed E-state index contributed by atoms with van der Waals surface area (Å²) < 4.78 is 14.8. The fourth-order valence-electron chi connectivity index (χ4n) is 4.57. The molecular formula is C20H22FN5O3. The molecule has 2 aromatic rings. The number of piperazine rings is 2. The molecule has 1 N–H and O–H groups in total. The van der Waals surface area contributed by atoms with Crippen LogP contribution < -0.4 is 0 Å². The first kappa shape index (κ1) is 18.3. The van der Waals surface area contributed by atoms with Crippen LogP contribution in [0.2, 0.25) is 0 Å². The maximum absolute atomic E-state index is 13.1. The van der Waals surface area contributed by atoms with E-state index in [1.165, 1.54) is 12.1 Å². The van der Waals surface area contributed by atoms with E-state index in [0.717, 1.165) is 11.3 Å². The van der Waals surface area contributed by atoms with Gasteiger partial charge in [0.05, 0.1) is 18.0 Å². The summed E-state index contributed by atoms with van der Waals surface area (Å²) in [5.41, 5.74) is 1.75. The van der Waals surface area contributed by atoms with Crippen LogP contribution in [-0.4, -0.2) is 85.8 Å². The number of hydrogen-bond acceptors (Lipinski definition) is 5. The standard InChI is InChI=1S/C20H22FN5O3/c21-14-1-3-15(4-2-14)26-10-13(8-22-26)9-23-5-6-24-18(12-23)20(29)25-11-16(27)7-17(25)19(24)28/h1-4,8,10,16-18,27H,5-7,9,11-12H2/t16-,17+,18-/m1/s1. The van der Waals surface area contributed by atoms with Crippen molar-refractivity contribution in [2.75, 3.05) is 26.2 Å². The third-order valence-electron chi connectivity index (χ3n) is 6.01. The minimum Gasteiger partial charge on any atom is -0.391 e. The number of carbonyl (C=O) groups is 2. The highest BCUT2D eigenvalue weighted by Gasteiger charge is 2.51. The molecule has 8 nitrogen and oxygen atoms in total. The first-order valence-electron chi connectivity index (χ1n) is 9.80. The number of benzene rings is 1. The van der Waals surface area contributed by atoms with E-state index in [2.05, 4.69) is 10.00 Å². The summed E-state index contributed by atoms with van der Waals surface area (Å²) in [5, 5.41) is 14.2. The molecule has 9 heteroatoms.